The molecule has 1 aromatic carbocycles. The number of amidine groups is 1. The Balaban J connectivity index is 2.21. The van der Waals surface area contributed by atoms with Crippen molar-refractivity contribution in [3.05, 3.63) is 28.2 Å². The Kier molecular flexibility index (Phi) is 3.69. The zero-order chi connectivity index (χ0) is 12.4. The molecule has 3 N–H and O–H groups in total. The molecule has 0 bridgehead atoms. The first-order chi connectivity index (χ1) is 8.09. The molecule has 1 unspecified atom stereocenters. The standard InChI is InChI=1S/C12H16BrN3O/c1-16(9-4-5-17-7-9)8-2-3-10(12(14)15)11(13)6-8/h2-3,6,9H,4-5,7H2,1H3,(H3,14,15). The molecule has 0 aliphatic carbocycles. The Labute approximate surface area is 109 Å². The molecular formula is C12H16BrN3O. The summed E-state index contributed by atoms with van der Waals surface area (Å²) in [6.07, 6.45) is 1.06. The summed E-state index contributed by atoms with van der Waals surface area (Å²) in [7, 11) is 2.06. The van der Waals surface area contributed by atoms with E-state index in [0.717, 1.165) is 35.4 Å². The van der Waals surface area contributed by atoms with Crippen LogP contribution in [0.4, 0.5) is 5.69 Å². The first-order valence-corrected chi connectivity index (χ1v) is 6.33. The summed E-state index contributed by atoms with van der Waals surface area (Å²) in [6, 6.07) is 6.29. The Bertz CT molecular complexity index is 430. The van der Waals surface area contributed by atoms with Crippen LogP contribution in [-0.2, 0) is 4.74 Å². The molecule has 1 aliphatic heterocycles. The smallest absolute Gasteiger partial charge is 0.123 e. The predicted octanol–water partition coefficient (Wildman–Crippen LogP) is 1.96. The monoisotopic (exact) mass is 297 g/mol. The molecule has 17 heavy (non-hydrogen) atoms. The third kappa shape index (κ3) is 2.61. The van der Waals surface area contributed by atoms with Gasteiger partial charge in [-0.05, 0) is 40.5 Å². The molecule has 0 aromatic heterocycles. The summed E-state index contributed by atoms with van der Waals surface area (Å²) >= 11 is 3.45. The van der Waals surface area contributed by atoms with Crippen LogP contribution in [0.5, 0.6) is 0 Å². The van der Waals surface area contributed by atoms with Crippen molar-refractivity contribution in [3.8, 4) is 0 Å². The summed E-state index contributed by atoms with van der Waals surface area (Å²) in [4.78, 5) is 2.21. The number of halogens is 1. The van der Waals surface area contributed by atoms with E-state index in [4.69, 9.17) is 15.9 Å². The molecule has 2 rings (SSSR count). The van der Waals surface area contributed by atoms with Gasteiger partial charge in [0, 0.05) is 29.4 Å². The van der Waals surface area contributed by atoms with Crippen molar-refractivity contribution >= 4 is 27.5 Å². The largest absolute Gasteiger partial charge is 0.384 e. The molecule has 1 atom stereocenters. The van der Waals surface area contributed by atoms with Gasteiger partial charge in [-0.25, -0.2) is 0 Å². The summed E-state index contributed by atoms with van der Waals surface area (Å²) in [6.45, 7) is 1.62. The lowest BCUT2D eigenvalue weighted by atomic mass is 10.1. The number of nitrogens with zero attached hydrogens (tertiary/aromatic N) is 1. The lowest BCUT2D eigenvalue weighted by Crippen LogP contribution is -2.31. The minimum absolute atomic E-state index is 0.0790. The summed E-state index contributed by atoms with van der Waals surface area (Å²) in [5, 5.41) is 7.44. The lowest BCUT2D eigenvalue weighted by molar-refractivity contribution is 0.193. The Morgan fingerprint density at radius 1 is 1.59 bits per heavy atom. The molecule has 1 aliphatic rings. The van der Waals surface area contributed by atoms with E-state index in [2.05, 4.69) is 27.9 Å². The average molecular weight is 298 g/mol. The van der Waals surface area contributed by atoms with Crippen molar-refractivity contribution in [2.75, 3.05) is 25.2 Å². The van der Waals surface area contributed by atoms with Crippen molar-refractivity contribution in [2.45, 2.75) is 12.5 Å². The fraction of sp³-hybridized carbons (Fsp3) is 0.417. The third-order valence-electron chi connectivity index (χ3n) is 3.10. The number of nitrogens with one attached hydrogen (secondary N) is 1. The van der Waals surface area contributed by atoms with Gasteiger partial charge in [0.15, 0.2) is 0 Å². The average Bonchev–Trinajstić information content (AvgIpc) is 2.80. The van der Waals surface area contributed by atoms with Crippen LogP contribution < -0.4 is 10.6 Å². The van der Waals surface area contributed by atoms with E-state index >= 15 is 0 Å². The number of likely N-dealkylation sites (N-methyl/N-ethyl adjacent to an activating group) is 1. The van der Waals surface area contributed by atoms with E-state index in [1.807, 2.05) is 18.2 Å². The van der Waals surface area contributed by atoms with Crippen LogP contribution in [0.3, 0.4) is 0 Å². The molecule has 1 fully saturated rings. The molecule has 1 saturated heterocycles. The number of hydrogen-bond donors (Lipinski definition) is 2. The van der Waals surface area contributed by atoms with Gasteiger partial charge in [0.05, 0.1) is 12.6 Å². The molecule has 0 spiro atoms. The van der Waals surface area contributed by atoms with E-state index in [0.29, 0.717) is 6.04 Å². The summed E-state index contributed by atoms with van der Waals surface area (Å²) in [5.41, 5.74) is 7.32. The number of nitrogens with two attached hydrogens (primary N) is 1. The van der Waals surface area contributed by atoms with Crippen LogP contribution in [0.2, 0.25) is 0 Å². The Hall–Kier alpha value is -1.07. The van der Waals surface area contributed by atoms with Gasteiger partial charge >= 0.3 is 0 Å². The maximum Gasteiger partial charge on any atom is 0.123 e. The van der Waals surface area contributed by atoms with Crippen molar-refractivity contribution in [1.82, 2.24) is 0 Å². The highest BCUT2D eigenvalue weighted by Crippen LogP contribution is 2.26. The quantitative estimate of drug-likeness (QED) is 0.662. The number of ether oxygens (including phenoxy) is 1. The van der Waals surface area contributed by atoms with Gasteiger partial charge in [0.1, 0.15) is 5.84 Å². The fourth-order valence-corrected chi connectivity index (χ4v) is 2.56. The van der Waals surface area contributed by atoms with Crippen LogP contribution >= 0.6 is 15.9 Å². The Morgan fingerprint density at radius 2 is 2.35 bits per heavy atom. The highest BCUT2D eigenvalue weighted by molar-refractivity contribution is 9.10. The van der Waals surface area contributed by atoms with E-state index in [-0.39, 0.29) is 5.84 Å². The van der Waals surface area contributed by atoms with E-state index in [1.54, 1.807) is 0 Å². The van der Waals surface area contributed by atoms with Crippen LogP contribution in [0.25, 0.3) is 0 Å². The maximum absolute atomic E-state index is 7.44. The van der Waals surface area contributed by atoms with Crippen LogP contribution in [-0.4, -0.2) is 32.1 Å². The van der Waals surface area contributed by atoms with Crippen molar-refractivity contribution in [1.29, 1.82) is 5.41 Å². The molecule has 92 valence electrons. The van der Waals surface area contributed by atoms with Gasteiger partial charge in [-0.1, -0.05) is 0 Å². The van der Waals surface area contributed by atoms with E-state index in [1.165, 1.54) is 0 Å². The highest BCUT2D eigenvalue weighted by atomic mass is 79.9. The Morgan fingerprint density at radius 3 is 2.88 bits per heavy atom. The van der Waals surface area contributed by atoms with Crippen molar-refractivity contribution in [3.63, 3.8) is 0 Å². The number of benzene rings is 1. The maximum atomic E-state index is 7.44. The zero-order valence-corrected chi connectivity index (χ0v) is 11.3. The second kappa shape index (κ2) is 5.06. The zero-order valence-electron chi connectivity index (χ0n) is 9.74. The predicted molar refractivity (Wildman–Crippen MR) is 72.8 cm³/mol. The van der Waals surface area contributed by atoms with E-state index < -0.39 is 0 Å². The second-order valence-electron chi connectivity index (χ2n) is 4.21. The molecule has 1 aromatic rings. The summed E-state index contributed by atoms with van der Waals surface area (Å²) < 4.78 is 6.24. The van der Waals surface area contributed by atoms with Gasteiger partial charge in [-0.3, -0.25) is 5.41 Å². The van der Waals surface area contributed by atoms with Crippen LogP contribution in [0.15, 0.2) is 22.7 Å². The molecule has 5 heteroatoms. The lowest BCUT2D eigenvalue weighted by Gasteiger charge is -2.25. The first kappa shape index (κ1) is 12.4. The van der Waals surface area contributed by atoms with Gasteiger partial charge in [-0.2, -0.15) is 0 Å². The minimum atomic E-state index is 0.0790. The molecule has 1 heterocycles. The van der Waals surface area contributed by atoms with Crippen LogP contribution in [0.1, 0.15) is 12.0 Å². The number of nitrogen functional groups attached to an aromatic ring is 1. The molecular weight excluding hydrogens is 282 g/mol. The SMILES string of the molecule is CN(c1ccc(C(=N)N)c(Br)c1)C1CCOC1. The second-order valence-corrected chi connectivity index (χ2v) is 5.06. The molecule has 0 amide bonds. The number of hydrogen-bond acceptors (Lipinski definition) is 3. The normalized spacial score (nSPS) is 19.3. The number of anilines is 1. The van der Waals surface area contributed by atoms with Gasteiger partial charge in [0.2, 0.25) is 0 Å². The topological polar surface area (TPSA) is 62.3 Å². The first-order valence-electron chi connectivity index (χ1n) is 5.54. The highest BCUT2D eigenvalue weighted by Gasteiger charge is 2.21. The van der Waals surface area contributed by atoms with Crippen LogP contribution in [0, 0.1) is 5.41 Å². The summed E-state index contributed by atoms with van der Waals surface area (Å²) in [5.74, 6) is 0.0790. The number of rotatable bonds is 3. The van der Waals surface area contributed by atoms with E-state index in [9.17, 15) is 0 Å². The molecule has 0 saturated carbocycles. The van der Waals surface area contributed by atoms with Gasteiger partial charge in [0.25, 0.3) is 0 Å². The van der Waals surface area contributed by atoms with Crippen molar-refractivity contribution < 1.29 is 4.74 Å². The van der Waals surface area contributed by atoms with Gasteiger partial charge < -0.3 is 15.4 Å². The fourth-order valence-electron chi connectivity index (χ4n) is 1.98. The minimum Gasteiger partial charge on any atom is -0.384 e. The van der Waals surface area contributed by atoms with Gasteiger partial charge in [-0.15, -0.1) is 0 Å². The molecule has 0 radical (unpaired) electrons. The molecule has 4 nitrogen and oxygen atoms in total. The van der Waals surface area contributed by atoms with Crippen molar-refractivity contribution in [2.24, 2.45) is 5.73 Å². The third-order valence-corrected chi connectivity index (χ3v) is 3.76.